The number of furan rings is 1. The zero-order valence-corrected chi connectivity index (χ0v) is 17.5. The van der Waals surface area contributed by atoms with Gasteiger partial charge in [-0.2, -0.15) is 0 Å². The SMILES string of the molecule is O=C(COC(=O)c1cc(-c2ccccc2Cl)nc2ccccc12)c1cc2ccccc2o1. The Morgan fingerprint density at radius 3 is 2.50 bits per heavy atom. The summed E-state index contributed by atoms with van der Waals surface area (Å²) < 4.78 is 10.9. The topological polar surface area (TPSA) is 69.4 Å². The first kappa shape index (κ1) is 20.0. The first-order chi connectivity index (χ1) is 15.6. The Morgan fingerprint density at radius 2 is 1.66 bits per heavy atom. The highest BCUT2D eigenvalue weighted by Gasteiger charge is 2.19. The number of hydrogen-bond acceptors (Lipinski definition) is 5. The van der Waals surface area contributed by atoms with Crippen molar-refractivity contribution in [2.45, 2.75) is 0 Å². The van der Waals surface area contributed by atoms with Gasteiger partial charge in [0.25, 0.3) is 0 Å². The lowest BCUT2D eigenvalue weighted by molar-refractivity contribution is 0.0470. The summed E-state index contributed by atoms with van der Waals surface area (Å²) in [5.74, 6) is -0.893. The van der Waals surface area contributed by atoms with Gasteiger partial charge in [0, 0.05) is 21.4 Å². The van der Waals surface area contributed by atoms with Crippen LogP contribution in [0.1, 0.15) is 20.9 Å². The molecule has 5 aromatic rings. The van der Waals surface area contributed by atoms with Crippen molar-refractivity contribution in [1.29, 1.82) is 0 Å². The largest absolute Gasteiger partial charge is 0.454 e. The normalized spacial score (nSPS) is 11.0. The van der Waals surface area contributed by atoms with Gasteiger partial charge in [-0.25, -0.2) is 9.78 Å². The Kier molecular flexibility index (Phi) is 5.17. The molecule has 0 saturated heterocycles. The van der Waals surface area contributed by atoms with Crippen molar-refractivity contribution >= 4 is 45.2 Å². The molecule has 6 heteroatoms. The predicted octanol–water partition coefficient (Wildman–Crippen LogP) is 6.34. The van der Waals surface area contributed by atoms with Crippen molar-refractivity contribution in [3.05, 3.63) is 101 Å². The number of hydrogen-bond donors (Lipinski definition) is 0. The Balaban J connectivity index is 1.45. The molecule has 0 fully saturated rings. The molecule has 0 radical (unpaired) electrons. The number of nitrogens with zero attached hydrogens (tertiary/aromatic N) is 1. The number of Topliss-reactive ketones (excluding diaryl/α,β-unsaturated/α-hetero) is 1. The van der Waals surface area contributed by atoms with Gasteiger partial charge in [0.1, 0.15) is 5.58 Å². The van der Waals surface area contributed by atoms with E-state index in [9.17, 15) is 9.59 Å². The standard InChI is InChI=1S/C26H16ClNO4/c27-20-10-4-2-9-18(20)22-14-19(17-8-3-5-11-21(17)28-22)26(30)31-15-23(29)25-13-16-7-1-6-12-24(16)32-25/h1-14H,15H2. The van der Waals surface area contributed by atoms with E-state index >= 15 is 0 Å². The molecule has 0 spiro atoms. The fraction of sp³-hybridized carbons (Fsp3) is 0.0385. The van der Waals surface area contributed by atoms with Crippen LogP contribution in [0.25, 0.3) is 33.1 Å². The lowest BCUT2D eigenvalue weighted by Crippen LogP contribution is -2.14. The Labute approximate surface area is 188 Å². The number of halogens is 1. The third kappa shape index (κ3) is 3.74. The molecule has 156 valence electrons. The lowest BCUT2D eigenvalue weighted by Gasteiger charge is -2.10. The molecule has 0 unspecified atom stereocenters. The molecular weight excluding hydrogens is 426 g/mol. The van der Waals surface area contributed by atoms with Gasteiger partial charge in [-0.05, 0) is 30.3 Å². The zero-order chi connectivity index (χ0) is 22.1. The van der Waals surface area contributed by atoms with E-state index in [0.717, 1.165) is 5.39 Å². The van der Waals surface area contributed by atoms with Crippen LogP contribution in [0.5, 0.6) is 0 Å². The lowest BCUT2D eigenvalue weighted by atomic mass is 10.0. The molecule has 2 heterocycles. The second-order valence-electron chi connectivity index (χ2n) is 7.20. The van der Waals surface area contributed by atoms with Crippen molar-refractivity contribution in [2.75, 3.05) is 6.61 Å². The highest BCUT2D eigenvalue weighted by molar-refractivity contribution is 6.33. The molecular formula is C26H16ClNO4. The third-order valence-electron chi connectivity index (χ3n) is 5.12. The summed E-state index contributed by atoms with van der Waals surface area (Å²) in [5.41, 5.74) is 2.78. The van der Waals surface area contributed by atoms with Crippen LogP contribution in [0.3, 0.4) is 0 Å². The molecule has 3 aromatic carbocycles. The van der Waals surface area contributed by atoms with Crippen LogP contribution in [-0.2, 0) is 4.74 Å². The Bertz CT molecular complexity index is 1460. The van der Waals surface area contributed by atoms with Gasteiger partial charge in [0.05, 0.1) is 16.8 Å². The monoisotopic (exact) mass is 441 g/mol. The van der Waals surface area contributed by atoms with Crippen LogP contribution in [0.15, 0.2) is 89.3 Å². The van der Waals surface area contributed by atoms with E-state index < -0.39 is 18.4 Å². The second-order valence-corrected chi connectivity index (χ2v) is 7.61. The van der Waals surface area contributed by atoms with Crippen LogP contribution < -0.4 is 0 Å². The van der Waals surface area contributed by atoms with Gasteiger partial charge >= 0.3 is 5.97 Å². The first-order valence-corrected chi connectivity index (χ1v) is 10.3. The fourth-order valence-electron chi connectivity index (χ4n) is 3.55. The predicted molar refractivity (Wildman–Crippen MR) is 123 cm³/mol. The minimum atomic E-state index is -0.624. The molecule has 0 aliphatic carbocycles. The summed E-state index contributed by atoms with van der Waals surface area (Å²) in [7, 11) is 0. The maximum absolute atomic E-state index is 13.0. The number of ether oxygens (including phenoxy) is 1. The number of para-hydroxylation sites is 2. The van der Waals surface area contributed by atoms with Crippen molar-refractivity contribution in [2.24, 2.45) is 0 Å². The quantitative estimate of drug-likeness (QED) is 0.235. The number of carbonyl (C=O) groups excluding carboxylic acids is 2. The van der Waals surface area contributed by atoms with E-state index in [0.29, 0.717) is 38.3 Å². The molecule has 0 atom stereocenters. The van der Waals surface area contributed by atoms with Crippen LogP contribution in [0.4, 0.5) is 0 Å². The summed E-state index contributed by atoms with van der Waals surface area (Å²) in [6.45, 7) is -0.434. The van der Waals surface area contributed by atoms with Crippen LogP contribution in [-0.4, -0.2) is 23.3 Å². The molecule has 0 aliphatic rings. The molecule has 5 rings (SSSR count). The Hall–Kier alpha value is -3.96. The summed E-state index contributed by atoms with van der Waals surface area (Å²) in [6.07, 6.45) is 0. The molecule has 0 aliphatic heterocycles. The zero-order valence-electron chi connectivity index (χ0n) is 16.7. The highest BCUT2D eigenvalue weighted by atomic mass is 35.5. The van der Waals surface area contributed by atoms with E-state index in [1.807, 2.05) is 54.6 Å². The third-order valence-corrected chi connectivity index (χ3v) is 5.45. The molecule has 32 heavy (non-hydrogen) atoms. The smallest absolute Gasteiger partial charge is 0.339 e. The summed E-state index contributed by atoms with van der Waals surface area (Å²) in [4.78, 5) is 30.2. The molecule has 0 bridgehead atoms. The van der Waals surface area contributed by atoms with Gasteiger partial charge in [-0.3, -0.25) is 4.79 Å². The number of carbonyl (C=O) groups is 2. The summed E-state index contributed by atoms with van der Waals surface area (Å²) >= 11 is 6.33. The van der Waals surface area contributed by atoms with Gasteiger partial charge in [0.2, 0.25) is 5.78 Å². The van der Waals surface area contributed by atoms with E-state index in [4.69, 9.17) is 20.8 Å². The number of aromatic nitrogens is 1. The molecule has 5 nitrogen and oxygen atoms in total. The van der Waals surface area contributed by atoms with E-state index in [1.165, 1.54) is 0 Å². The maximum Gasteiger partial charge on any atom is 0.339 e. The first-order valence-electron chi connectivity index (χ1n) is 9.94. The minimum absolute atomic E-state index is 0.148. The number of ketones is 1. The number of pyridine rings is 1. The van der Waals surface area contributed by atoms with Crippen molar-refractivity contribution in [1.82, 2.24) is 4.98 Å². The van der Waals surface area contributed by atoms with Gasteiger partial charge in [-0.15, -0.1) is 0 Å². The molecule has 2 aromatic heterocycles. The number of rotatable bonds is 5. The van der Waals surface area contributed by atoms with Crippen molar-refractivity contribution in [3.8, 4) is 11.3 Å². The number of fused-ring (bicyclic) bond motifs is 2. The average Bonchev–Trinajstić information content (AvgIpc) is 3.26. The molecule has 0 saturated carbocycles. The van der Waals surface area contributed by atoms with Crippen molar-refractivity contribution < 1.29 is 18.7 Å². The molecule has 0 amide bonds. The number of benzene rings is 3. The van der Waals surface area contributed by atoms with Gasteiger partial charge < -0.3 is 9.15 Å². The highest BCUT2D eigenvalue weighted by Crippen LogP contribution is 2.30. The Morgan fingerprint density at radius 1 is 0.906 bits per heavy atom. The summed E-state index contributed by atoms with van der Waals surface area (Å²) in [5, 5.41) is 1.96. The van der Waals surface area contributed by atoms with E-state index in [1.54, 1.807) is 30.3 Å². The van der Waals surface area contributed by atoms with Crippen LogP contribution in [0.2, 0.25) is 5.02 Å². The minimum Gasteiger partial charge on any atom is -0.454 e. The summed E-state index contributed by atoms with van der Waals surface area (Å²) in [6, 6.07) is 25.1. The van der Waals surface area contributed by atoms with Crippen LogP contribution in [0, 0.1) is 0 Å². The van der Waals surface area contributed by atoms with Gasteiger partial charge in [-0.1, -0.05) is 66.2 Å². The van der Waals surface area contributed by atoms with E-state index in [-0.39, 0.29) is 5.76 Å². The molecule has 0 N–H and O–H groups in total. The van der Waals surface area contributed by atoms with Crippen molar-refractivity contribution in [3.63, 3.8) is 0 Å². The van der Waals surface area contributed by atoms with Gasteiger partial charge in [0.15, 0.2) is 12.4 Å². The van der Waals surface area contributed by atoms with Crippen LogP contribution >= 0.6 is 11.6 Å². The fourth-order valence-corrected chi connectivity index (χ4v) is 3.78. The number of esters is 1. The van der Waals surface area contributed by atoms with E-state index in [2.05, 4.69) is 4.98 Å². The average molecular weight is 442 g/mol. The second kappa shape index (κ2) is 8.29. The maximum atomic E-state index is 13.0.